The summed E-state index contributed by atoms with van der Waals surface area (Å²) in [6.07, 6.45) is 8.29. The summed E-state index contributed by atoms with van der Waals surface area (Å²) < 4.78 is 0. The molecule has 4 N–H and O–H groups in total. The van der Waals surface area contributed by atoms with Gasteiger partial charge in [-0.2, -0.15) is 0 Å². The first-order chi connectivity index (χ1) is 16.6. The molecule has 0 aromatic carbocycles. The normalized spacial score (nSPS) is 16.9. The Kier molecular flexibility index (Phi) is 7.95. The van der Waals surface area contributed by atoms with Crippen molar-refractivity contribution in [3.05, 3.63) is 47.9 Å². The van der Waals surface area contributed by atoms with Crippen LogP contribution in [-0.2, 0) is 17.6 Å². The summed E-state index contributed by atoms with van der Waals surface area (Å²) in [7, 11) is 0. The molecule has 0 spiro atoms. The summed E-state index contributed by atoms with van der Waals surface area (Å²) in [5.74, 6) is 2.23. The van der Waals surface area contributed by atoms with Gasteiger partial charge in [-0.3, -0.25) is 10.1 Å². The molecular formula is C25H35N7O2. The predicted molar refractivity (Wildman–Crippen MR) is 135 cm³/mol. The van der Waals surface area contributed by atoms with E-state index >= 15 is 0 Å². The number of carboxylic acids is 1. The van der Waals surface area contributed by atoms with Crippen LogP contribution in [0.4, 0.5) is 17.5 Å². The molecule has 0 amide bonds. The second-order valence-electron chi connectivity index (χ2n) is 8.88. The predicted octanol–water partition coefficient (Wildman–Crippen LogP) is 2.82. The standard InChI is InChI=1S/C25H35N7O2/c1-3-11-26-21(25(33)34)15-28-23-19(4-2)24(30-16-29-23)32-13-9-17(10-14-32)20-8-7-18-6-5-12-27-22(18)31-20/h3,7-8,16-17,21,26H,1,4-6,9-15H2,2H3,(H,27,31)(H,33,34)(H,28,29,30). The fourth-order valence-corrected chi connectivity index (χ4v) is 4.78. The fourth-order valence-electron chi connectivity index (χ4n) is 4.78. The molecule has 4 rings (SSSR count). The molecular weight excluding hydrogens is 430 g/mol. The van der Waals surface area contributed by atoms with Crippen molar-refractivity contribution in [2.45, 2.75) is 51.0 Å². The Morgan fingerprint density at radius 1 is 1.35 bits per heavy atom. The maximum atomic E-state index is 11.5. The van der Waals surface area contributed by atoms with Crippen LogP contribution in [-0.4, -0.2) is 64.8 Å². The molecule has 9 nitrogen and oxygen atoms in total. The maximum absolute atomic E-state index is 11.5. The highest BCUT2D eigenvalue weighted by Gasteiger charge is 2.26. The number of pyridine rings is 1. The van der Waals surface area contributed by atoms with E-state index in [0.29, 0.717) is 18.3 Å². The van der Waals surface area contributed by atoms with Crippen molar-refractivity contribution in [1.82, 2.24) is 20.3 Å². The lowest BCUT2D eigenvalue weighted by molar-refractivity contribution is -0.139. The lowest BCUT2D eigenvalue weighted by atomic mass is 9.92. The lowest BCUT2D eigenvalue weighted by Gasteiger charge is -2.34. The van der Waals surface area contributed by atoms with Gasteiger partial charge in [0.25, 0.3) is 0 Å². The van der Waals surface area contributed by atoms with E-state index in [0.717, 1.165) is 62.5 Å². The minimum Gasteiger partial charge on any atom is -0.480 e. The zero-order chi connectivity index (χ0) is 23.9. The maximum Gasteiger partial charge on any atom is 0.322 e. The molecule has 1 fully saturated rings. The Morgan fingerprint density at radius 2 is 2.18 bits per heavy atom. The SMILES string of the molecule is C=CCNC(CNc1ncnc(N2CCC(c3ccc4c(n3)NCCC4)CC2)c1CC)C(=O)O. The van der Waals surface area contributed by atoms with Gasteiger partial charge in [-0.05, 0) is 43.7 Å². The van der Waals surface area contributed by atoms with Crippen LogP contribution in [0.3, 0.4) is 0 Å². The van der Waals surface area contributed by atoms with Crippen LogP contribution in [0.15, 0.2) is 31.1 Å². The molecule has 2 aliphatic heterocycles. The molecule has 1 saturated heterocycles. The van der Waals surface area contributed by atoms with Crippen molar-refractivity contribution in [2.24, 2.45) is 0 Å². The first kappa shape index (κ1) is 23.9. The summed E-state index contributed by atoms with van der Waals surface area (Å²) >= 11 is 0. The van der Waals surface area contributed by atoms with Crippen LogP contribution in [0.2, 0.25) is 0 Å². The number of hydrogen-bond donors (Lipinski definition) is 4. The second-order valence-corrected chi connectivity index (χ2v) is 8.88. The third kappa shape index (κ3) is 5.47. The number of aliphatic carboxylic acids is 1. The zero-order valence-electron chi connectivity index (χ0n) is 19.9. The summed E-state index contributed by atoms with van der Waals surface area (Å²) in [6, 6.07) is 3.72. The topological polar surface area (TPSA) is 115 Å². The number of aryl methyl sites for hydroxylation is 1. The minimum absolute atomic E-state index is 0.229. The van der Waals surface area contributed by atoms with Crippen LogP contribution in [0, 0.1) is 0 Å². The van der Waals surface area contributed by atoms with Crippen LogP contribution in [0.1, 0.15) is 48.9 Å². The highest BCUT2D eigenvalue weighted by molar-refractivity contribution is 5.74. The van der Waals surface area contributed by atoms with E-state index in [-0.39, 0.29) is 6.54 Å². The van der Waals surface area contributed by atoms with Gasteiger partial charge in [0.2, 0.25) is 0 Å². The highest BCUT2D eigenvalue weighted by Crippen LogP contribution is 2.33. The molecule has 0 aliphatic carbocycles. The van der Waals surface area contributed by atoms with Gasteiger partial charge in [-0.25, -0.2) is 15.0 Å². The smallest absolute Gasteiger partial charge is 0.322 e. The number of anilines is 3. The molecule has 2 aliphatic rings. The van der Waals surface area contributed by atoms with Crippen molar-refractivity contribution in [3.63, 3.8) is 0 Å². The molecule has 4 heterocycles. The van der Waals surface area contributed by atoms with Crippen molar-refractivity contribution < 1.29 is 9.90 Å². The molecule has 2 aromatic rings. The number of nitrogens with one attached hydrogen (secondary N) is 3. The van der Waals surface area contributed by atoms with Gasteiger partial charge < -0.3 is 20.6 Å². The van der Waals surface area contributed by atoms with Gasteiger partial charge in [0, 0.05) is 49.9 Å². The van der Waals surface area contributed by atoms with E-state index in [9.17, 15) is 9.90 Å². The fraction of sp³-hybridized carbons (Fsp3) is 0.520. The molecule has 0 saturated carbocycles. The largest absolute Gasteiger partial charge is 0.480 e. The van der Waals surface area contributed by atoms with Gasteiger partial charge in [0.1, 0.15) is 29.8 Å². The quantitative estimate of drug-likeness (QED) is 0.393. The van der Waals surface area contributed by atoms with Crippen LogP contribution >= 0.6 is 0 Å². The Labute approximate surface area is 201 Å². The molecule has 1 unspecified atom stereocenters. The number of hydrogen-bond acceptors (Lipinski definition) is 8. The third-order valence-electron chi connectivity index (χ3n) is 6.68. The van der Waals surface area contributed by atoms with Gasteiger partial charge >= 0.3 is 5.97 Å². The van der Waals surface area contributed by atoms with Crippen molar-refractivity contribution in [3.8, 4) is 0 Å². The van der Waals surface area contributed by atoms with E-state index < -0.39 is 12.0 Å². The number of piperidine rings is 1. The number of carboxylic acid groups (broad SMARTS) is 1. The zero-order valence-corrected chi connectivity index (χ0v) is 19.9. The molecule has 9 heteroatoms. The van der Waals surface area contributed by atoms with Gasteiger partial charge in [0.05, 0.1) is 0 Å². The van der Waals surface area contributed by atoms with E-state index in [1.807, 2.05) is 0 Å². The van der Waals surface area contributed by atoms with Crippen molar-refractivity contribution in [2.75, 3.05) is 48.3 Å². The molecule has 1 atom stereocenters. The Bertz CT molecular complexity index is 1000. The first-order valence-corrected chi connectivity index (χ1v) is 12.2. The van der Waals surface area contributed by atoms with Gasteiger partial charge in [-0.15, -0.1) is 6.58 Å². The van der Waals surface area contributed by atoms with E-state index in [2.05, 4.69) is 56.5 Å². The van der Waals surface area contributed by atoms with E-state index in [4.69, 9.17) is 4.98 Å². The van der Waals surface area contributed by atoms with Gasteiger partial charge in [0.15, 0.2) is 0 Å². The molecule has 2 aromatic heterocycles. The molecule has 0 bridgehead atoms. The second kappa shape index (κ2) is 11.3. The van der Waals surface area contributed by atoms with Crippen LogP contribution in [0.25, 0.3) is 0 Å². The minimum atomic E-state index is -0.908. The first-order valence-electron chi connectivity index (χ1n) is 12.2. The van der Waals surface area contributed by atoms with Crippen LogP contribution < -0.4 is 20.9 Å². The Hall–Kier alpha value is -3.20. The van der Waals surface area contributed by atoms with Gasteiger partial charge in [-0.1, -0.05) is 19.1 Å². The Morgan fingerprint density at radius 3 is 2.91 bits per heavy atom. The monoisotopic (exact) mass is 465 g/mol. The summed E-state index contributed by atoms with van der Waals surface area (Å²) in [5, 5.41) is 19.1. The highest BCUT2D eigenvalue weighted by atomic mass is 16.4. The molecule has 0 radical (unpaired) electrons. The number of aromatic nitrogens is 3. The number of carbonyl (C=O) groups is 1. The number of fused-ring (bicyclic) bond motifs is 1. The van der Waals surface area contributed by atoms with Crippen LogP contribution in [0.5, 0.6) is 0 Å². The Balaban J connectivity index is 1.42. The number of rotatable bonds is 10. The number of nitrogens with zero attached hydrogens (tertiary/aromatic N) is 4. The van der Waals surface area contributed by atoms with E-state index in [1.165, 1.54) is 17.7 Å². The average molecular weight is 466 g/mol. The van der Waals surface area contributed by atoms with Crippen molar-refractivity contribution >= 4 is 23.4 Å². The summed E-state index contributed by atoms with van der Waals surface area (Å²) in [6.45, 7) is 9.18. The summed E-state index contributed by atoms with van der Waals surface area (Å²) in [5.41, 5.74) is 3.52. The third-order valence-corrected chi connectivity index (χ3v) is 6.68. The lowest BCUT2D eigenvalue weighted by Crippen LogP contribution is -2.42. The van der Waals surface area contributed by atoms with E-state index in [1.54, 1.807) is 12.4 Å². The average Bonchev–Trinajstić information content (AvgIpc) is 2.88. The molecule has 34 heavy (non-hydrogen) atoms. The summed E-state index contributed by atoms with van der Waals surface area (Å²) in [4.78, 5) is 27.8. The van der Waals surface area contributed by atoms with Crippen molar-refractivity contribution in [1.29, 1.82) is 0 Å². The molecule has 182 valence electrons.